The van der Waals surface area contributed by atoms with E-state index in [1.54, 1.807) is 7.11 Å². The highest BCUT2D eigenvalue weighted by atomic mass is 19.1. The smallest absolute Gasteiger partial charge is 0.130 e. The summed E-state index contributed by atoms with van der Waals surface area (Å²) >= 11 is 0. The van der Waals surface area contributed by atoms with Gasteiger partial charge in [-0.25, -0.2) is 8.78 Å². The lowest BCUT2D eigenvalue weighted by Crippen LogP contribution is -2.32. The van der Waals surface area contributed by atoms with Crippen LogP contribution in [0.1, 0.15) is 25.5 Å². The monoisotopic (exact) mass is 229 g/mol. The largest absolute Gasteiger partial charge is 0.383 e. The van der Waals surface area contributed by atoms with Crippen molar-refractivity contribution in [3.05, 3.63) is 35.4 Å². The number of rotatable bonds is 5. The molecule has 2 nitrogen and oxygen atoms in total. The fourth-order valence-corrected chi connectivity index (χ4v) is 1.67. The summed E-state index contributed by atoms with van der Waals surface area (Å²) in [6, 6.07) is 3.56. The quantitative estimate of drug-likeness (QED) is 0.838. The number of halogens is 2. The van der Waals surface area contributed by atoms with Crippen LogP contribution in [0, 0.1) is 11.6 Å². The van der Waals surface area contributed by atoms with Gasteiger partial charge in [0.05, 0.1) is 6.61 Å². The molecule has 2 unspecified atom stereocenters. The van der Waals surface area contributed by atoms with Crippen LogP contribution in [0.3, 0.4) is 0 Å². The van der Waals surface area contributed by atoms with Crippen LogP contribution in [0.25, 0.3) is 0 Å². The first-order valence-corrected chi connectivity index (χ1v) is 5.24. The Morgan fingerprint density at radius 2 is 2.00 bits per heavy atom. The molecule has 0 heterocycles. The molecule has 1 aromatic rings. The van der Waals surface area contributed by atoms with E-state index in [0.717, 1.165) is 6.07 Å². The molecule has 0 aliphatic rings. The van der Waals surface area contributed by atoms with Crippen LogP contribution in [0.5, 0.6) is 0 Å². The number of nitrogens with one attached hydrogen (secondary N) is 1. The lowest BCUT2D eigenvalue weighted by Gasteiger charge is -2.20. The summed E-state index contributed by atoms with van der Waals surface area (Å²) in [5.74, 6) is -1.08. The highest BCUT2D eigenvalue weighted by Gasteiger charge is 2.13. The summed E-state index contributed by atoms with van der Waals surface area (Å²) in [5.41, 5.74) is 0.462. The number of methoxy groups -OCH3 is 1. The van der Waals surface area contributed by atoms with Gasteiger partial charge >= 0.3 is 0 Å². The molecule has 0 saturated heterocycles. The van der Waals surface area contributed by atoms with Gasteiger partial charge in [-0.15, -0.1) is 0 Å². The van der Waals surface area contributed by atoms with Gasteiger partial charge in [-0.05, 0) is 19.9 Å². The average Bonchev–Trinajstić information content (AvgIpc) is 2.17. The molecular weight excluding hydrogens is 212 g/mol. The minimum absolute atomic E-state index is 0.115. The van der Waals surface area contributed by atoms with E-state index in [2.05, 4.69) is 5.32 Å². The molecule has 0 fully saturated rings. The van der Waals surface area contributed by atoms with Gasteiger partial charge in [0.15, 0.2) is 0 Å². The molecule has 0 spiro atoms. The van der Waals surface area contributed by atoms with Crippen molar-refractivity contribution in [2.45, 2.75) is 25.9 Å². The first kappa shape index (κ1) is 13.1. The second-order valence-electron chi connectivity index (χ2n) is 3.91. The number of hydrogen-bond donors (Lipinski definition) is 1. The molecule has 0 aliphatic heterocycles. The van der Waals surface area contributed by atoms with E-state index in [9.17, 15) is 8.78 Å². The van der Waals surface area contributed by atoms with Crippen molar-refractivity contribution in [3.8, 4) is 0 Å². The SMILES string of the molecule is COCC(C)NC(C)c1ccc(F)cc1F. The summed E-state index contributed by atoms with van der Waals surface area (Å²) in [7, 11) is 1.61. The van der Waals surface area contributed by atoms with Crippen molar-refractivity contribution < 1.29 is 13.5 Å². The van der Waals surface area contributed by atoms with Gasteiger partial charge in [0.25, 0.3) is 0 Å². The Hall–Kier alpha value is -1.00. The fourth-order valence-electron chi connectivity index (χ4n) is 1.67. The Morgan fingerprint density at radius 3 is 2.56 bits per heavy atom. The van der Waals surface area contributed by atoms with Gasteiger partial charge in [0, 0.05) is 30.8 Å². The van der Waals surface area contributed by atoms with Gasteiger partial charge in [-0.3, -0.25) is 0 Å². The maximum atomic E-state index is 13.4. The Balaban J connectivity index is 2.69. The molecular formula is C12H17F2NO. The standard InChI is InChI=1S/C12H17F2NO/c1-8(7-16-3)15-9(2)11-5-4-10(13)6-12(11)14/h4-6,8-9,15H,7H2,1-3H3. The average molecular weight is 229 g/mol. The zero-order chi connectivity index (χ0) is 12.1. The van der Waals surface area contributed by atoms with E-state index in [-0.39, 0.29) is 12.1 Å². The highest BCUT2D eigenvalue weighted by molar-refractivity contribution is 5.21. The van der Waals surface area contributed by atoms with E-state index < -0.39 is 11.6 Å². The molecule has 2 atom stereocenters. The van der Waals surface area contributed by atoms with E-state index >= 15 is 0 Å². The molecule has 0 bridgehead atoms. The van der Waals surface area contributed by atoms with Gasteiger partial charge in [0.2, 0.25) is 0 Å². The lowest BCUT2D eigenvalue weighted by molar-refractivity contribution is 0.167. The van der Waals surface area contributed by atoms with Crippen molar-refractivity contribution in [1.82, 2.24) is 5.32 Å². The van der Waals surface area contributed by atoms with Gasteiger partial charge in [-0.2, -0.15) is 0 Å². The van der Waals surface area contributed by atoms with Crippen LogP contribution in [0.2, 0.25) is 0 Å². The van der Waals surface area contributed by atoms with Crippen molar-refractivity contribution in [2.24, 2.45) is 0 Å². The summed E-state index contributed by atoms with van der Waals surface area (Å²) in [6.07, 6.45) is 0. The van der Waals surface area contributed by atoms with Gasteiger partial charge in [-0.1, -0.05) is 6.07 Å². The van der Waals surface area contributed by atoms with Crippen LogP contribution in [-0.4, -0.2) is 19.8 Å². The van der Waals surface area contributed by atoms with Crippen LogP contribution < -0.4 is 5.32 Å². The molecule has 90 valence electrons. The molecule has 1 aromatic carbocycles. The summed E-state index contributed by atoms with van der Waals surface area (Å²) in [4.78, 5) is 0. The molecule has 1 rings (SSSR count). The van der Waals surface area contributed by atoms with Crippen LogP contribution in [0.15, 0.2) is 18.2 Å². The Morgan fingerprint density at radius 1 is 1.31 bits per heavy atom. The van der Waals surface area contributed by atoms with Crippen LogP contribution in [0.4, 0.5) is 8.78 Å². The lowest BCUT2D eigenvalue weighted by atomic mass is 10.1. The topological polar surface area (TPSA) is 21.3 Å². The van der Waals surface area contributed by atoms with Crippen molar-refractivity contribution in [1.29, 1.82) is 0 Å². The molecule has 0 amide bonds. The Bertz CT molecular complexity index is 344. The summed E-state index contributed by atoms with van der Waals surface area (Å²) in [5, 5.41) is 3.17. The summed E-state index contributed by atoms with van der Waals surface area (Å²) in [6.45, 7) is 4.33. The third-order valence-corrected chi connectivity index (χ3v) is 2.38. The highest BCUT2D eigenvalue weighted by Crippen LogP contribution is 2.18. The molecule has 4 heteroatoms. The number of hydrogen-bond acceptors (Lipinski definition) is 2. The van der Waals surface area contributed by atoms with Gasteiger partial charge < -0.3 is 10.1 Å². The molecule has 0 radical (unpaired) electrons. The fraction of sp³-hybridized carbons (Fsp3) is 0.500. The minimum atomic E-state index is -0.557. The van der Waals surface area contributed by atoms with Gasteiger partial charge in [0.1, 0.15) is 11.6 Å². The van der Waals surface area contributed by atoms with Crippen LogP contribution >= 0.6 is 0 Å². The molecule has 0 aromatic heterocycles. The zero-order valence-electron chi connectivity index (χ0n) is 9.76. The first-order valence-electron chi connectivity index (χ1n) is 5.24. The van der Waals surface area contributed by atoms with E-state index in [0.29, 0.717) is 12.2 Å². The van der Waals surface area contributed by atoms with Crippen molar-refractivity contribution in [2.75, 3.05) is 13.7 Å². The third-order valence-electron chi connectivity index (χ3n) is 2.38. The second-order valence-corrected chi connectivity index (χ2v) is 3.91. The third kappa shape index (κ3) is 3.54. The summed E-state index contributed by atoms with van der Waals surface area (Å²) < 4.78 is 31.1. The minimum Gasteiger partial charge on any atom is -0.383 e. The molecule has 0 saturated carbocycles. The maximum Gasteiger partial charge on any atom is 0.130 e. The zero-order valence-corrected chi connectivity index (χ0v) is 9.76. The maximum absolute atomic E-state index is 13.4. The van der Waals surface area contributed by atoms with Crippen molar-refractivity contribution in [3.63, 3.8) is 0 Å². The Kier molecular flexibility index (Phi) is 4.83. The number of ether oxygens (including phenoxy) is 1. The molecule has 16 heavy (non-hydrogen) atoms. The van der Waals surface area contributed by atoms with E-state index in [4.69, 9.17) is 4.74 Å². The van der Waals surface area contributed by atoms with Crippen molar-refractivity contribution >= 4 is 0 Å². The van der Waals surface area contributed by atoms with E-state index in [1.807, 2.05) is 13.8 Å². The normalized spacial score (nSPS) is 14.8. The Labute approximate surface area is 94.6 Å². The predicted molar refractivity (Wildman–Crippen MR) is 59.2 cm³/mol. The van der Waals surface area contributed by atoms with Crippen LogP contribution in [-0.2, 0) is 4.74 Å². The van der Waals surface area contributed by atoms with E-state index in [1.165, 1.54) is 12.1 Å². The molecule has 1 N–H and O–H groups in total. The number of benzene rings is 1. The molecule has 0 aliphatic carbocycles. The predicted octanol–water partition coefficient (Wildman–Crippen LogP) is 2.65. The first-order chi connectivity index (χ1) is 7.54. The second kappa shape index (κ2) is 5.92.